The number of nitrogens with zero attached hydrogens (tertiary/aromatic N) is 6. The third-order valence-corrected chi connectivity index (χ3v) is 8.34. The minimum absolute atomic E-state index is 0.00474. The number of likely N-dealkylation sites (N-methyl/N-ethyl adjacent to an activating group) is 1. The topological polar surface area (TPSA) is 117 Å². The molecular formula is C33H37FN8O3. The van der Waals surface area contributed by atoms with E-state index in [1.807, 2.05) is 24.4 Å². The van der Waals surface area contributed by atoms with Crippen molar-refractivity contribution in [1.82, 2.24) is 24.9 Å². The van der Waals surface area contributed by atoms with E-state index in [0.29, 0.717) is 48.4 Å². The molecule has 0 spiro atoms. The van der Waals surface area contributed by atoms with Gasteiger partial charge in [-0.15, -0.1) is 0 Å². The average molecular weight is 613 g/mol. The van der Waals surface area contributed by atoms with Crippen molar-refractivity contribution in [3.8, 4) is 6.01 Å². The van der Waals surface area contributed by atoms with Gasteiger partial charge in [0, 0.05) is 49.2 Å². The van der Waals surface area contributed by atoms with Crippen LogP contribution in [-0.4, -0.2) is 64.2 Å². The molecule has 4 aromatic rings. The first-order valence-corrected chi connectivity index (χ1v) is 15.2. The fourth-order valence-corrected chi connectivity index (χ4v) is 5.88. The fraction of sp³-hybridized carbons (Fsp3) is 0.364. The molecule has 0 radical (unpaired) electrons. The van der Waals surface area contributed by atoms with Crippen molar-refractivity contribution >= 4 is 34.8 Å². The Morgan fingerprint density at radius 1 is 1.22 bits per heavy atom. The van der Waals surface area contributed by atoms with E-state index in [-0.39, 0.29) is 17.9 Å². The molecule has 12 heteroatoms. The number of amides is 2. The monoisotopic (exact) mass is 612 g/mol. The molecule has 0 unspecified atom stereocenters. The zero-order chi connectivity index (χ0) is 31.7. The Hall–Kier alpha value is -4.84. The summed E-state index contributed by atoms with van der Waals surface area (Å²) in [5.41, 5.74) is 5.45. The minimum Gasteiger partial charge on any atom is -0.459 e. The summed E-state index contributed by atoms with van der Waals surface area (Å²) in [5, 5.41) is 11.4. The van der Waals surface area contributed by atoms with Crippen LogP contribution >= 0.6 is 0 Å². The van der Waals surface area contributed by atoms with Gasteiger partial charge in [0.1, 0.15) is 6.10 Å². The quantitative estimate of drug-likeness (QED) is 0.263. The van der Waals surface area contributed by atoms with Gasteiger partial charge in [0.15, 0.2) is 11.5 Å². The highest BCUT2D eigenvalue weighted by Gasteiger charge is 2.28. The van der Waals surface area contributed by atoms with Crippen LogP contribution in [-0.2, 0) is 17.8 Å². The first kappa shape index (κ1) is 30.2. The van der Waals surface area contributed by atoms with E-state index in [4.69, 9.17) is 14.7 Å². The number of hydrogen-bond acceptors (Lipinski definition) is 8. The summed E-state index contributed by atoms with van der Waals surface area (Å²) in [7, 11) is 1.45. The number of nitrogens with one attached hydrogen (secondary N) is 2. The largest absolute Gasteiger partial charge is 0.459 e. The summed E-state index contributed by atoms with van der Waals surface area (Å²) in [6.07, 6.45) is 4.49. The Morgan fingerprint density at radius 3 is 2.80 bits per heavy atom. The molecule has 2 aliphatic heterocycles. The highest BCUT2D eigenvalue weighted by atomic mass is 19.1. The zero-order valence-corrected chi connectivity index (χ0v) is 25.7. The summed E-state index contributed by atoms with van der Waals surface area (Å²) in [6.45, 7) is 9.99. The molecule has 2 amide bonds. The predicted molar refractivity (Wildman–Crippen MR) is 171 cm³/mol. The average Bonchev–Trinajstić information content (AvgIpc) is 3.68. The highest BCUT2D eigenvalue weighted by molar-refractivity contribution is 6.09. The summed E-state index contributed by atoms with van der Waals surface area (Å²) in [6, 6.07) is 12.8. The summed E-state index contributed by atoms with van der Waals surface area (Å²) < 4.78 is 21.4. The molecule has 1 atom stereocenters. The van der Waals surface area contributed by atoms with Crippen molar-refractivity contribution in [1.29, 1.82) is 0 Å². The number of piperidine rings is 1. The molecule has 1 fully saturated rings. The summed E-state index contributed by atoms with van der Waals surface area (Å²) in [5.74, 6) is -1.37. The van der Waals surface area contributed by atoms with Crippen molar-refractivity contribution in [2.75, 3.05) is 41.8 Å². The molecule has 1 saturated heterocycles. The zero-order valence-electron chi connectivity index (χ0n) is 25.7. The van der Waals surface area contributed by atoms with Gasteiger partial charge in [-0.2, -0.15) is 19.6 Å². The van der Waals surface area contributed by atoms with Crippen molar-refractivity contribution < 1.29 is 18.7 Å². The van der Waals surface area contributed by atoms with Crippen molar-refractivity contribution in [3.63, 3.8) is 0 Å². The Bertz CT molecular complexity index is 1760. The Kier molecular flexibility index (Phi) is 8.48. The molecule has 2 aliphatic rings. The van der Waals surface area contributed by atoms with E-state index >= 15 is 0 Å². The standard InChI is InChI=1S/C33H37FN8O3/c1-20(2)27-19-37-42-29(27)38-33(45-25-11-7-14-35-18-25)39-32(42)36-17-23-9-6-12-28-26(23)13-15-41(28)31(44)22-8-5-10-24(16-22)40(4)30(43)21(3)34/h5-6,8-10,12,16,19-20,25,35H,3,7,11,13-15,17-18H2,1-2,4H3,(H,36,38,39)/t25-/m1/s1. The van der Waals surface area contributed by atoms with E-state index in [1.165, 1.54) is 7.05 Å². The molecule has 234 valence electrons. The first-order valence-electron chi connectivity index (χ1n) is 15.2. The van der Waals surface area contributed by atoms with Gasteiger partial charge in [0.2, 0.25) is 5.95 Å². The number of ether oxygens (including phenoxy) is 1. The molecule has 2 aromatic carbocycles. The van der Waals surface area contributed by atoms with Gasteiger partial charge in [-0.25, -0.2) is 4.39 Å². The van der Waals surface area contributed by atoms with Crippen LogP contribution in [0.15, 0.2) is 61.1 Å². The number of hydrogen-bond donors (Lipinski definition) is 2. The molecule has 2 N–H and O–H groups in total. The van der Waals surface area contributed by atoms with Crippen LogP contribution in [0.4, 0.5) is 21.7 Å². The fourth-order valence-electron chi connectivity index (χ4n) is 5.88. The second-order valence-corrected chi connectivity index (χ2v) is 11.7. The number of carbonyl (C=O) groups is 2. The smallest absolute Gasteiger partial charge is 0.322 e. The van der Waals surface area contributed by atoms with E-state index in [9.17, 15) is 14.0 Å². The van der Waals surface area contributed by atoms with Gasteiger partial charge in [-0.1, -0.05) is 38.6 Å². The van der Waals surface area contributed by atoms with Crippen molar-refractivity contribution in [2.24, 2.45) is 0 Å². The normalized spacial score (nSPS) is 16.1. The van der Waals surface area contributed by atoms with E-state index in [0.717, 1.165) is 53.2 Å². The summed E-state index contributed by atoms with van der Waals surface area (Å²) in [4.78, 5) is 38.1. The molecular weight excluding hydrogens is 575 g/mol. The third kappa shape index (κ3) is 6.10. The van der Waals surface area contributed by atoms with Gasteiger partial charge in [0.25, 0.3) is 11.8 Å². The number of anilines is 3. The van der Waals surface area contributed by atoms with Crippen molar-refractivity contribution in [2.45, 2.75) is 51.7 Å². The Labute approximate surface area is 261 Å². The van der Waals surface area contributed by atoms with Crippen molar-refractivity contribution in [3.05, 3.63) is 83.3 Å². The predicted octanol–water partition coefficient (Wildman–Crippen LogP) is 4.64. The lowest BCUT2D eigenvalue weighted by Crippen LogP contribution is -2.37. The molecule has 6 rings (SSSR count). The maximum Gasteiger partial charge on any atom is 0.322 e. The molecule has 0 saturated carbocycles. The maximum atomic E-state index is 13.7. The number of rotatable bonds is 9. The van der Waals surface area contributed by atoms with E-state index in [2.05, 4.69) is 36.2 Å². The van der Waals surface area contributed by atoms with Crippen LogP contribution in [0.3, 0.4) is 0 Å². The molecule has 0 aliphatic carbocycles. The van der Waals surface area contributed by atoms with Crippen LogP contribution in [0.2, 0.25) is 0 Å². The van der Waals surface area contributed by atoms with Gasteiger partial charge >= 0.3 is 6.01 Å². The number of carbonyl (C=O) groups excluding carboxylic acids is 2. The Morgan fingerprint density at radius 2 is 2.04 bits per heavy atom. The van der Waals surface area contributed by atoms with E-state index in [1.54, 1.807) is 33.7 Å². The molecule has 0 bridgehead atoms. The molecule has 11 nitrogen and oxygen atoms in total. The maximum absolute atomic E-state index is 13.7. The second-order valence-electron chi connectivity index (χ2n) is 11.7. The number of aromatic nitrogens is 4. The molecule has 2 aromatic heterocycles. The van der Waals surface area contributed by atoms with Crippen LogP contribution in [0.5, 0.6) is 6.01 Å². The SMILES string of the molecule is C=C(F)C(=O)N(C)c1cccc(C(=O)N2CCc3c(CNc4nc(O[C@@H]5CCCNC5)nc5c(C(C)C)cnn45)cccc32)c1. The van der Waals surface area contributed by atoms with Crippen LogP contribution < -0.4 is 25.2 Å². The Balaban J connectivity index is 1.24. The molecule has 45 heavy (non-hydrogen) atoms. The lowest BCUT2D eigenvalue weighted by atomic mass is 10.0. The third-order valence-electron chi connectivity index (χ3n) is 8.34. The van der Waals surface area contributed by atoms with Gasteiger partial charge in [-0.3, -0.25) is 9.59 Å². The van der Waals surface area contributed by atoms with Crippen LogP contribution in [0.25, 0.3) is 5.65 Å². The number of fused-ring (bicyclic) bond motifs is 2. The lowest BCUT2D eigenvalue weighted by molar-refractivity contribution is -0.116. The van der Waals surface area contributed by atoms with Crippen LogP contribution in [0, 0.1) is 0 Å². The van der Waals surface area contributed by atoms with Gasteiger partial charge in [0.05, 0.1) is 6.20 Å². The van der Waals surface area contributed by atoms with Gasteiger partial charge < -0.3 is 25.2 Å². The minimum atomic E-state index is -1.07. The highest BCUT2D eigenvalue weighted by Crippen LogP contribution is 2.33. The summed E-state index contributed by atoms with van der Waals surface area (Å²) >= 11 is 0. The lowest BCUT2D eigenvalue weighted by Gasteiger charge is -2.23. The van der Waals surface area contributed by atoms with E-state index < -0.39 is 11.7 Å². The number of halogens is 1. The molecule has 4 heterocycles. The first-order chi connectivity index (χ1) is 21.7. The second kappa shape index (κ2) is 12.6. The van der Waals surface area contributed by atoms with Gasteiger partial charge in [-0.05, 0) is 67.1 Å². The number of benzene rings is 2. The van der Waals surface area contributed by atoms with Crippen LogP contribution in [0.1, 0.15) is 59.7 Å².